The maximum Gasteiger partial charge on any atom is 0.329 e. The summed E-state index contributed by atoms with van der Waals surface area (Å²) in [5, 5.41) is 0. The van der Waals surface area contributed by atoms with Gasteiger partial charge in [-0.1, -0.05) is 12.1 Å². The van der Waals surface area contributed by atoms with Gasteiger partial charge in [0.05, 0.1) is 0 Å². The summed E-state index contributed by atoms with van der Waals surface area (Å²) in [6.07, 6.45) is 0.911. The minimum Gasteiger partial charge on any atom is -0.312 e. The van der Waals surface area contributed by atoms with Crippen LogP contribution >= 0.6 is 0 Å². The number of aromatic amines is 1. The lowest BCUT2D eigenvalue weighted by Crippen LogP contribution is -2.31. The predicted octanol–water partition coefficient (Wildman–Crippen LogP) is 1.58. The fourth-order valence-electron chi connectivity index (χ4n) is 3.37. The summed E-state index contributed by atoms with van der Waals surface area (Å²) in [7, 11) is 1.63. The molecule has 1 N–H and O–H groups in total. The summed E-state index contributed by atoms with van der Waals surface area (Å²) in [6, 6.07) is 6.31. The molecule has 0 bridgehead atoms. The Balaban J connectivity index is 2.02. The van der Waals surface area contributed by atoms with Crippen molar-refractivity contribution in [3.63, 3.8) is 0 Å². The normalized spacial score (nSPS) is 14.2. The second-order valence-electron chi connectivity index (χ2n) is 6.35. The average Bonchev–Trinajstić information content (AvgIpc) is 2.95. The summed E-state index contributed by atoms with van der Waals surface area (Å²) >= 11 is 0. The molecule has 0 radical (unpaired) electrons. The number of hydrogen-bond acceptors (Lipinski definition) is 4. The Morgan fingerprint density at radius 3 is 2.75 bits per heavy atom. The highest BCUT2D eigenvalue weighted by Gasteiger charge is 2.26. The van der Waals surface area contributed by atoms with Gasteiger partial charge in [0, 0.05) is 25.8 Å². The third-order valence-corrected chi connectivity index (χ3v) is 4.65. The highest BCUT2D eigenvalue weighted by Crippen LogP contribution is 2.33. The zero-order valence-electron chi connectivity index (χ0n) is 14.0. The number of hydrogen-bond donors (Lipinski definition) is 1. The van der Waals surface area contributed by atoms with Gasteiger partial charge in [-0.25, -0.2) is 4.79 Å². The van der Waals surface area contributed by atoms with Crippen LogP contribution in [0.1, 0.15) is 17.5 Å². The van der Waals surface area contributed by atoms with Gasteiger partial charge in [-0.3, -0.25) is 14.3 Å². The molecule has 0 saturated heterocycles. The molecule has 0 amide bonds. The van der Waals surface area contributed by atoms with Crippen LogP contribution in [0.5, 0.6) is 0 Å². The molecule has 0 atom stereocenters. The largest absolute Gasteiger partial charge is 0.329 e. The minimum atomic E-state index is -0.443. The van der Waals surface area contributed by atoms with E-state index in [1.807, 2.05) is 4.57 Å². The fraction of sp³-hybridized carbons (Fsp3) is 0.353. The summed E-state index contributed by atoms with van der Waals surface area (Å²) < 4.78 is 3.31. The highest BCUT2D eigenvalue weighted by molar-refractivity contribution is 5.77. The molecule has 1 aromatic carbocycles. The van der Waals surface area contributed by atoms with Crippen LogP contribution in [0.3, 0.4) is 0 Å². The summed E-state index contributed by atoms with van der Waals surface area (Å²) in [6.45, 7) is 5.68. The maximum absolute atomic E-state index is 12.3. The first-order valence-electron chi connectivity index (χ1n) is 8.01. The Kier molecular flexibility index (Phi) is 3.13. The van der Waals surface area contributed by atoms with Crippen LogP contribution in [-0.4, -0.2) is 25.6 Å². The van der Waals surface area contributed by atoms with E-state index in [-0.39, 0.29) is 5.56 Å². The minimum absolute atomic E-state index is 0.380. The van der Waals surface area contributed by atoms with Crippen molar-refractivity contribution in [1.82, 2.24) is 19.1 Å². The smallest absolute Gasteiger partial charge is 0.312 e. The Bertz CT molecular complexity index is 1070. The molecule has 7 nitrogen and oxygen atoms in total. The van der Waals surface area contributed by atoms with E-state index in [4.69, 9.17) is 0 Å². The summed E-state index contributed by atoms with van der Waals surface area (Å²) in [5.41, 5.74) is 3.49. The van der Waals surface area contributed by atoms with E-state index in [1.54, 1.807) is 7.05 Å². The van der Waals surface area contributed by atoms with Crippen molar-refractivity contribution in [2.75, 3.05) is 11.4 Å². The molecular weight excluding hydrogens is 306 g/mol. The molecule has 0 saturated carbocycles. The van der Waals surface area contributed by atoms with Crippen molar-refractivity contribution in [1.29, 1.82) is 0 Å². The Morgan fingerprint density at radius 1 is 1.17 bits per heavy atom. The highest BCUT2D eigenvalue weighted by atomic mass is 16.2. The van der Waals surface area contributed by atoms with Crippen LogP contribution in [0.15, 0.2) is 27.8 Å². The lowest BCUT2D eigenvalue weighted by molar-refractivity contribution is 0.602. The van der Waals surface area contributed by atoms with Crippen LogP contribution in [0.25, 0.3) is 11.2 Å². The molecule has 1 aliphatic rings. The second-order valence-corrected chi connectivity index (χ2v) is 6.35. The van der Waals surface area contributed by atoms with E-state index in [1.165, 1.54) is 10.1 Å². The van der Waals surface area contributed by atoms with Gasteiger partial charge < -0.3 is 9.47 Å². The quantitative estimate of drug-likeness (QED) is 0.737. The van der Waals surface area contributed by atoms with Gasteiger partial charge in [0.1, 0.15) is 0 Å². The molecule has 7 heteroatoms. The lowest BCUT2D eigenvalue weighted by atomic mass is 10.1. The van der Waals surface area contributed by atoms with Gasteiger partial charge in [0.2, 0.25) is 5.95 Å². The van der Waals surface area contributed by atoms with Gasteiger partial charge in [-0.15, -0.1) is 0 Å². The number of nitrogens with zero attached hydrogens (tertiary/aromatic N) is 4. The van der Waals surface area contributed by atoms with Crippen LogP contribution < -0.4 is 16.1 Å². The number of imidazole rings is 1. The molecule has 3 aromatic rings. The number of aromatic nitrogens is 4. The number of anilines is 2. The molecule has 0 aliphatic carbocycles. The zero-order chi connectivity index (χ0) is 17.0. The van der Waals surface area contributed by atoms with Gasteiger partial charge in [0.25, 0.3) is 5.56 Å². The van der Waals surface area contributed by atoms with E-state index in [0.29, 0.717) is 17.7 Å². The molecular formula is C17H19N5O2. The van der Waals surface area contributed by atoms with Gasteiger partial charge >= 0.3 is 5.69 Å². The molecule has 4 rings (SSSR count). The SMILES string of the molecule is Cc1ccc(C)c(N2CCCn3c2nc2c3c(=O)[nH]c(=O)n2C)c1. The van der Waals surface area contributed by atoms with Crippen LogP contribution in [0.2, 0.25) is 0 Å². The number of benzene rings is 1. The Hall–Kier alpha value is -2.83. The molecule has 0 fully saturated rings. The topological polar surface area (TPSA) is 75.9 Å². The Morgan fingerprint density at radius 2 is 1.96 bits per heavy atom. The third kappa shape index (κ3) is 2.01. The molecule has 2 aromatic heterocycles. The number of H-pyrrole nitrogens is 1. The van der Waals surface area contributed by atoms with Gasteiger partial charge in [-0.05, 0) is 37.5 Å². The third-order valence-electron chi connectivity index (χ3n) is 4.65. The lowest BCUT2D eigenvalue weighted by Gasteiger charge is -2.30. The van der Waals surface area contributed by atoms with Crippen LogP contribution in [-0.2, 0) is 13.6 Å². The van der Waals surface area contributed by atoms with Crippen molar-refractivity contribution in [3.05, 3.63) is 50.2 Å². The van der Waals surface area contributed by atoms with E-state index in [2.05, 4.69) is 46.9 Å². The molecule has 3 heterocycles. The fourth-order valence-corrected chi connectivity index (χ4v) is 3.37. The zero-order valence-corrected chi connectivity index (χ0v) is 14.0. The number of aryl methyl sites for hydroxylation is 4. The van der Waals surface area contributed by atoms with Crippen molar-refractivity contribution >= 4 is 22.8 Å². The molecule has 1 aliphatic heterocycles. The maximum atomic E-state index is 12.3. The first-order valence-corrected chi connectivity index (χ1v) is 8.01. The van der Waals surface area contributed by atoms with E-state index in [0.717, 1.165) is 30.2 Å². The Labute approximate surface area is 138 Å². The van der Waals surface area contributed by atoms with Crippen LogP contribution in [0.4, 0.5) is 11.6 Å². The summed E-state index contributed by atoms with van der Waals surface area (Å²) in [4.78, 5) is 33.3. The predicted molar refractivity (Wildman–Crippen MR) is 93.1 cm³/mol. The van der Waals surface area contributed by atoms with E-state index in [9.17, 15) is 9.59 Å². The van der Waals surface area contributed by atoms with E-state index >= 15 is 0 Å². The molecule has 0 unspecified atom stereocenters. The average molecular weight is 325 g/mol. The molecule has 0 spiro atoms. The number of fused-ring (bicyclic) bond motifs is 3. The summed E-state index contributed by atoms with van der Waals surface area (Å²) in [5.74, 6) is 0.719. The number of nitrogens with one attached hydrogen (secondary N) is 1. The van der Waals surface area contributed by atoms with E-state index < -0.39 is 5.69 Å². The van der Waals surface area contributed by atoms with Crippen molar-refractivity contribution in [3.8, 4) is 0 Å². The monoisotopic (exact) mass is 325 g/mol. The first-order chi connectivity index (χ1) is 11.5. The first kappa shape index (κ1) is 14.7. The standard InChI is InChI=1S/C17H19N5O2/c1-10-5-6-11(2)12(9-10)21-7-4-8-22-13-14(18-16(21)22)20(3)17(24)19-15(13)23/h5-6,9H,4,7-8H2,1-3H3,(H,19,23,24). The van der Waals surface area contributed by atoms with Crippen molar-refractivity contribution in [2.45, 2.75) is 26.8 Å². The van der Waals surface area contributed by atoms with Gasteiger partial charge in [0.15, 0.2) is 11.2 Å². The van der Waals surface area contributed by atoms with Gasteiger partial charge in [-0.2, -0.15) is 4.98 Å². The molecule has 24 heavy (non-hydrogen) atoms. The van der Waals surface area contributed by atoms with Crippen molar-refractivity contribution in [2.24, 2.45) is 7.05 Å². The van der Waals surface area contributed by atoms with Crippen molar-refractivity contribution < 1.29 is 0 Å². The number of rotatable bonds is 1. The second kappa shape index (κ2) is 5.09. The molecule has 124 valence electrons. The van der Waals surface area contributed by atoms with Crippen LogP contribution in [0, 0.1) is 13.8 Å².